The van der Waals surface area contributed by atoms with Crippen LogP contribution >= 0.6 is 0 Å². The molecule has 1 amide bonds. The summed E-state index contributed by atoms with van der Waals surface area (Å²) < 4.78 is 0. The molecular weight excluding hydrogens is 340 g/mol. The lowest BCUT2D eigenvalue weighted by Crippen LogP contribution is -2.49. The first-order chi connectivity index (χ1) is 13.1. The number of anilines is 1. The Balaban J connectivity index is 1.48. The second kappa shape index (κ2) is 7.36. The van der Waals surface area contributed by atoms with Gasteiger partial charge in [0.05, 0.1) is 12.1 Å². The van der Waals surface area contributed by atoms with Crippen LogP contribution < -0.4 is 4.90 Å². The highest BCUT2D eigenvalue weighted by molar-refractivity contribution is 5.93. The summed E-state index contributed by atoms with van der Waals surface area (Å²) in [5.41, 5.74) is 3.04. The lowest BCUT2D eigenvalue weighted by atomic mass is 10.1. The number of carbonyl (C=O) groups is 1. The van der Waals surface area contributed by atoms with E-state index in [1.165, 1.54) is 0 Å². The minimum Gasteiger partial charge on any atom is -0.354 e. The number of aromatic nitrogens is 3. The largest absolute Gasteiger partial charge is 0.354 e. The highest BCUT2D eigenvalue weighted by Crippen LogP contribution is 2.28. The number of hydrogen-bond donors (Lipinski definition) is 1. The van der Waals surface area contributed by atoms with Crippen LogP contribution in [-0.4, -0.2) is 77.7 Å². The molecule has 0 atom stereocenters. The fourth-order valence-electron chi connectivity index (χ4n) is 3.39. The van der Waals surface area contributed by atoms with Crippen LogP contribution in [0.15, 0.2) is 42.6 Å². The molecule has 27 heavy (non-hydrogen) atoms. The maximum Gasteiger partial charge on any atom is 0.236 e. The highest BCUT2D eigenvalue weighted by atomic mass is 16.2. The van der Waals surface area contributed by atoms with Crippen LogP contribution in [0.1, 0.15) is 0 Å². The second-order valence-electron chi connectivity index (χ2n) is 7.07. The van der Waals surface area contributed by atoms with E-state index in [1.807, 2.05) is 30.5 Å². The quantitative estimate of drug-likeness (QED) is 0.765. The van der Waals surface area contributed by atoms with Crippen molar-refractivity contribution in [2.24, 2.45) is 0 Å². The van der Waals surface area contributed by atoms with Crippen LogP contribution in [0.4, 0.5) is 5.82 Å². The van der Waals surface area contributed by atoms with Gasteiger partial charge in [-0.15, -0.1) is 0 Å². The molecule has 1 N–H and O–H groups in total. The smallest absolute Gasteiger partial charge is 0.236 e. The molecule has 0 unspecified atom stereocenters. The molecule has 7 nitrogen and oxygen atoms in total. The van der Waals surface area contributed by atoms with Gasteiger partial charge in [-0.25, -0.2) is 4.98 Å². The third-order valence-electron chi connectivity index (χ3n) is 5.04. The summed E-state index contributed by atoms with van der Waals surface area (Å²) >= 11 is 0. The minimum absolute atomic E-state index is 0.147. The number of amides is 1. The van der Waals surface area contributed by atoms with Crippen LogP contribution in [0.3, 0.4) is 0 Å². The third kappa shape index (κ3) is 3.64. The van der Waals surface area contributed by atoms with Crippen molar-refractivity contribution in [1.82, 2.24) is 25.0 Å². The van der Waals surface area contributed by atoms with Crippen molar-refractivity contribution in [1.29, 1.82) is 0 Å². The van der Waals surface area contributed by atoms with Gasteiger partial charge in [-0.3, -0.25) is 14.8 Å². The molecular formula is C20H24N6O. The van der Waals surface area contributed by atoms with Crippen molar-refractivity contribution in [2.45, 2.75) is 0 Å². The van der Waals surface area contributed by atoms with Crippen LogP contribution in [-0.2, 0) is 4.79 Å². The number of likely N-dealkylation sites (N-methyl/N-ethyl adjacent to an activating group) is 1. The molecule has 0 aliphatic carbocycles. The zero-order chi connectivity index (χ0) is 18.8. The molecule has 3 aromatic rings. The van der Waals surface area contributed by atoms with Gasteiger partial charge in [0, 0.05) is 57.4 Å². The van der Waals surface area contributed by atoms with Gasteiger partial charge in [0.25, 0.3) is 0 Å². The van der Waals surface area contributed by atoms with Crippen molar-refractivity contribution < 1.29 is 4.79 Å². The standard InChI is InChI=1S/C20H24N6O/c1-24(2)19(27)14-25-9-11-26(12-10-25)18-13-15(7-8-21-18)20-16-5-3-4-6-17(16)22-23-20/h3-8,13H,9-12,14H2,1-2H3,(H,22,23). The Morgan fingerprint density at radius 1 is 1.15 bits per heavy atom. The number of aromatic amines is 1. The Kier molecular flexibility index (Phi) is 4.77. The van der Waals surface area contributed by atoms with Crippen molar-refractivity contribution in [3.8, 4) is 11.3 Å². The van der Waals surface area contributed by atoms with Crippen molar-refractivity contribution in [3.05, 3.63) is 42.6 Å². The number of hydrogen-bond acceptors (Lipinski definition) is 5. The van der Waals surface area contributed by atoms with Crippen molar-refractivity contribution >= 4 is 22.6 Å². The summed E-state index contributed by atoms with van der Waals surface area (Å²) in [5.74, 6) is 1.10. The maximum atomic E-state index is 11.9. The van der Waals surface area contributed by atoms with Gasteiger partial charge in [0.15, 0.2) is 0 Å². The van der Waals surface area contributed by atoms with E-state index in [0.29, 0.717) is 6.54 Å². The number of nitrogens with zero attached hydrogens (tertiary/aromatic N) is 5. The third-order valence-corrected chi connectivity index (χ3v) is 5.04. The molecule has 7 heteroatoms. The van der Waals surface area contributed by atoms with Crippen LogP contribution in [0.2, 0.25) is 0 Å². The van der Waals surface area contributed by atoms with E-state index in [-0.39, 0.29) is 5.91 Å². The number of para-hydroxylation sites is 1. The molecule has 1 saturated heterocycles. The zero-order valence-electron chi connectivity index (χ0n) is 15.7. The highest BCUT2D eigenvalue weighted by Gasteiger charge is 2.21. The van der Waals surface area contributed by atoms with Gasteiger partial charge < -0.3 is 9.80 Å². The molecule has 2 aromatic heterocycles. The number of pyridine rings is 1. The van der Waals surface area contributed by atoms with Gasteiger partial charge >= 0.3 is 0 Å². The fourth-order valence-corrected chi connectivity index (χ4v) is 3.39. The first-order valence-corrected chi connectivity index (χ1v) is 9.19. The molecule has 0 saturated carbocycles. The predicted octanol–water partition coefficient (Wildman–Crippen LogP) is 1.84. The minimum atomic E-state index is 0.147. The van der Waals surface area contributed by atoms with E-state index < -0.39 is 0 Å². The van der Waals surface area contributed by atoms with Gasteiger partial charge in [0.1, 0.15) is 11.5 Å². The second-order valence-corrected chi connectivity index (χ2v) is 7.07. The molecule has 0 radical (unpaired) electrons. The van der Waals surface area contributed by atoms with Gasteiger partial charge in [-0.05, 0) is 18.2 Å². The summed E-state index contributed by atoms with van der Waals surface area (Å²) in [6, 6.07) is 12.2. The first kappa shape index (κ1) is 17.5. The molecule has 1 aliphatic heterocycles. The topological polar surface area (TPSA) is 68.4 Å². The Morgan fingerprint density at radius 2 is 1.93 bits per heavy atom. The summed E-state index contributed by atoms with van der Waals surface area (Å²) in [7, 11) is 3.60. The van der Waals surface area contributed by atoms with Gasteiger partial charge in [0.2, 0.25) is 5.91 Å². The lowest BCUT2D eigenvalue weighted by Gasteiger charge is -2.35. The summed E-state index contributed by atoms with van der Waals surface area (Å²) in [5, 5.41) is 8.70. The van der Waals surface area contributed by atoms with E-state index >= 15 is 0 Å². The number of piperazine rings is 1. The molecule has 1 aromatic carbocycles. The average Bonchev–Trinajstić information content (AvgIpc) is 3.13. The monoisotopic (exact) mass is 364 g/mol. The molecule has 0 spiro atoms. The van der Waals surface area contributed by atoms with Crippen molar-refractivity contribution in [3.63, 3.8) is 0 Å². The first-order valence-electron chi connectivity index (χ1n) is 9.19. The Hall–Kier alpha value is -2.93. The Labute approximate surface area is 158 Å². The number of carbonyl (C=O) groups excluding carboxylic acids is 1. The molecule has 4 rings (SSSR count). The molecule has 0 bridgehead atoms. The molecule has 3 heterocycles. The number of H-pyrrole nitrogens is 1. The van der Waals surface area contributed by atoms with Gasteiger partial charge in [-0.1, -0.05) is 18.2 Å². The number of nitrogens with one attached hydrogen (secondary N) is 1. The average molecular weight is 364 g/mol. The summed E-state index contributed by atoms with van der Waals surface area (Å²) in [6.45, 7) is 3.91. The van der Waals surface area contributed by atoms with Crippen LogP contribution in [0.5, 0.6) is 0 Å². The van der Waals surface area contributed by atoms with E-state index in [1.54, 1.807) is 19.0 Å². The number of fused-ring (bicyclic) bond motifs is 1. The summed E-state index contributed by atoms with van der Waals surface area (Å²) in [6.07, 6.45) is 1.84. The summed E-state index contributed by atoms with van der Waals surface area (Å²) in [4.78, 5) is 22.6. The van der Waals surface area contributed by atoms with Crippen molar-refractivity contribution in [2.75, 3.05) is 51.7 Å². The Morgan fingerprint density at radius 3 is 2.70 bits per heavy atom. The normalized spacial score (nSPS) is 15.3. The molecule has 1 aliphatic rings. The van der Waals surface area contributed by atoms with E-state index in [0.717, 1.165) is 54.2 Å². The maximum absolute atomic E-state index is 11.9. The zero-order valence-corrected chi connectivity index (χ0v) is 15.7. The Bertz CT molecular complexity index is 942. The molecule has 1 fully saturated rings. The van der Waals surface area contributed by atoms with Crippen LogP contribution in [0, 0.1) is 0 Å². The van der Waals surface area contributed by atoms with Crippen LogP contribution in [0.25, 0.3) is 22.2 Å². The number of rotatable bonds is 4. The predicted molar refractivity (Wildman–Crippen MR) is 107 cm³/mol. The molecule has 140 valence electrons. The van der Waals surface area contributed by atoms with E-state index in [2.05, 4.69) is 37.1 Å². The lowest BCUT2D eigenvalue weighted by molar-refractivity contribution is -0.129. The SMILES string of the molecule is CN(C)C(=O)CN1CCN(c2cc(-c3n[nH]c4ccccc34)ccn2)CC1. The number of benzene rings is 1. The van der Waals surface area contributed by atoms with E-state index in [4.69, 9.17) is 0 Å². The van der Waals surface area contributed by atoms with E-state index in [9.17, 15) is 4.79 Å². The van der Waals surface area contributed by atoms with Gasteiger partial charge in [-0.2, -0.15) is 5.10 Å². The fraction of sp³-hybridized carbons (Fsp3) is 0.350.